The summed E-state index contributed by atoms with van der Waals surface area (Å²) < 4.78 is 39.8. The average Bonchev–Trinajstić information content (AvgIpc) is 2.49. The molecule has 0 aromatic heterocycles. The van der Waals surface area contributed by atoms with Gasteiger partial charge in [-0.25, -0.2) is 17.5 Å². The van der Waals surface area contributed by atoms with Crippen LogP contribution in [0.3, 0.4) is 0 Å². The molecule has 0 aliphatic carbocycles. The van der Waals surface area contributed by atoms with Crippen LogP contribution < -0.4 is 4.72 Å². The van der Waals surface area contributed by atoms with Crippen LogP contribution in [0, 0.1) is 12.7 Å². The molecular weight excluding hydrogens is 321 g/mol. The van der Waals surface area contributed by atoms with E-state index in [0.717, 1.165) is 11.8 Å². The molecule has 1 N–H and O–H groups in total. The molecule has 118 valence electrons. The smallest absolute Gasteiger partial charge is 0.210 e. The van der Waals surface area contributed by atoms with E-state index in [2.05, 4.69) is 29.0 Å². The summed E-state index contributed by atoms with van der Waals surface area (Å²) in [6.45, 7) is 2.31. The molecule has 0 aliphatic heterocycles. The van der Waals surface area contributed by atoms with Crippen LogP contribution in [0.5, 0.6) is 0 Å². The first-order valence-corrected chi connectivity index (χ1v) is 9.50. The minimum absolute atomic E-state index is 0.271. The summed E-state index contributed by atoms with van der Waals surface area (Å²) in [6, 6.07) is 13.6. The van der Waals surface area contributed by atoms with Gasteiger partial charge in [0.15, 0.2) is 0 Å². The molecule has 22 heavy (non-hydrogen) atoms. The summed E-state index contributed by atoms with van der Waals surface area (Å²) in [5.41, 5.74) is 2.42. The number of aryl methyl sites for hydroxylation is 1. The van der Waals surface area contributed by atoms with Gasteiger partial charge in [-0.3, -0.25) is 0 Å². The third-order valence-corrected chi connectivity index (χ3v) is 5.58. The van der Waals surface area contributed by atoms with E-state index in [9.17, 15) is 12.8 Å². The Hall–Kier alpha value is -1.37. The summed E-state index contributed by atoms with van der Waals surface area (Å²) in [7, 11) is -3.78. The molecule has 0 amide bonds. The summed E-state index contributed by atoms with van der Waals surface area (Å²) in [5, 5.41) is 0. The normalized spacial score (nSPS) is 11.5. The Morgan fingerprint density at radius 1 is 1.09 bits per heavy atom. The molecular formula is C16H18FNO2S2. The molecule has 3 nitrogen and oxygen atoms in total. The number of sulfonamides is 1. The number of thioether (sulfide) groups is 1. The SMILES string of the molecule is Cc1ccc(CSCCNS(=O)(=O)c2ccccc2F)cc1. The largest absolute Gasteiger partial charge is 0.243 e. The first-order valence-electron chi connectivity index (χ1n) is 6.86. The molecule has 0 aliphatic rings. The maximum absolute atomic E-state index is 13.5. The zero-order chi connectivity index (χ0) is 16.0. The van der Waals surface area contributed by atoms with Gasteiger partial charge in [0.2, 0.25) is 10.0 Å². The number of halogens is 1. The summed E-state index contributed by atoms with van der Waals surface area (Å²) in [4.78, 5) is -0.307. The monoisotopic (exact) mass is 339 g/mol. The van der Waals surface area contributed by atoms with Gasteiger partial charge < -0.3 is 0 Å². The van der Waals surface area contributed by atoms with E-state index in [1.165, 1.54) is 29.3 Å². The van der Waals surface area contributed by atoms with Crippen LogP contribution in [0.25, 0.3) is 0 Å². The molecule has 2 aromatic rings. The number of hydrogen-bond acceptors (Lipinski definition) is 3. The summed E-state index contributed by atoms with van der Waals surface area (Å²) in [5.74, 6) is 0.714. The van der Waals surface area contributed by atoms with Crippen molar-refractivity contribution in [2.45, 2.75) is 17.6 Å². The highest BCUT2D eigenvalue weighted by atomic mass is 32.2. The predicted octanol–water partition coefficient (Wildman–Crippen LogP) is 3.35. The lowest BCUT2D eigenvalue weighted by atomic mass is 10.2. The van der Waals surface area contributed by atoms with Gasteiger partial charge in [0.05, 0.1) is 0 Å². The van der Waals surface area contributed by atoms with Crippen LogP contribution in [-0.2, 0) is 15.8 Å². The number of nitrogens with one attached hydrogen (secondary N) is 1. The fourth-order valence-corrected chi connectivity index (χ4v) is 3.92. The molecule has 0 unspecified atom stereocenters. The lowest BCUT2D eigenvalue weighted by Crippen LogP contribution is -2.26. The fourth-order valence-electron chi connectivity index (χ4n) is 1.86. The second-order valence-corrected chi connectivity index (χ2v) is 7.71. The molecule has 2 rings (SSSR count). The molecule has 0 saturated heterocycles. The van der Waals surface area contributed by atoms with Crippen LogP contribution in [0.1, 0.15) is 11.1 Å². The lowest BCUT2D eigenvalue weighted by molar-refractivity contribution is 0.559. The van der Waals surface area contributed by atoms with Crippen LogP contribution in [0.4, 0.5) is 4.39 Å². The van der Waals surface area contributed by atoms with Crippen molar-refractivity contribution in [1.82, 2.24) is 4.72 Å². The minimum Gasteiger partial charge on any atom is -0.210 e. The quantitative estimate of drug-likeness (QED) is 0.787. The Bertz CT molecular complexity index is 715. The molecule has 0 radical (unpaired) electrons. The number of hydrogen-bond donors (Lipinski definition) is 1. The van der Waals surface area contributed by atoms with Gasteiger partial charge in [-0.15, -0.1) is 0 Å². The van der Waals surface area contributed by atoms with E-state index in [4.69, 9.17) is 0 Å². The highest BCUT2D eigenvalue weighted by molar-refractivity contribution is 7.98. The number of rotatable bonds is 7. The molecule has 0 spiro atoms. The van der Waals surface area contributed by atoms with Gasteiger partial charge >= 0.3 is 0 Å². The molecule has 0 heterocycles. The zero-order valence-electron chi connectivity index (χ0n) is 12.3. The lowest BCUT2D eigenvalue weighted by Gasteiger charge is -2.07. The van der Waals surface area contributed by atoms with E-state index in [1.54, 1.807) is 11.8 Å². The van der Waals surface area contributed by atoms with Crippen molar-refractivity contribution in [2.24, 2.45) is 0 Å². The zero-order valence-corrected chi connectivity index (χ0v) is 13.9. The highest BCUT2D eigenvalue weighted by Gasteiger charge is 2.17. The Balaban J connectivity index is 1.79. The van der Waals surface area contributed by atoms with Crippen LogP contribution in [0.2, 0.25) is 0 Å². The van der Waals surface area contributed by atoms with E-state index >= 15 is 0 Å². The molecule has 2 aromatic carbocycles. The van der Waals surface area contributed by atoms with Crippen molar-refractivity contribution in [3.63, 3.8) is 0 Å². The molecule has 0 atom stereocenters. The first-order chi connectivity index (χ1) is 10.5. The second kappa shape index (κ2) is 7.76. The fraction of sp³-hybridized carbons (Fsp3) is 0.250. The second-order valence-electron chi connectivity index (χ2n) is 4.87. The first kappa shape index (κ1) is 17.0. The van der Waals surface area contributed by atoms with Crippen molar-refractivity contribution in [3.8, 4) is 0 Å². The molecule has 0 saturated carbocycles. The molecule has 0 bridgehead atoms. The van der Waals surface area contributed by atoms with Crippen molar-refractivity contribution >= 4 is 21.8 Å². The maximum Gasteiger partial charge on any atom is 0.243 e. The van der Waals surface area contributed by atoms with Crippen LogP contribution in [-0.4, -0.2) is 20.7 Å². The van der Waals surface area contributed by atoms with Crippen molar-refractivity contribution in [2.75, 3.05) is 12.3 Å². The Kier molecular flexibility index (Phi) is 5.99. The Morgan fingerprint density at radius 3 is 2.45 bits per heavy atom. The maximum atomic E-state index is 13.5. The van der Waals surface area contributed by atoms with Gasteiger partial charge in [-0.1, -0.05) is 42.0 Å². The summed E-state index contributed by atoms with van der Waals surface area (Å²) in [6.07, 6.45) is 0. The summed E-state index contributed by atoms with van der Waals surface area (Å²) >= 11 is 1.63. The third-order valence-electron chi connectivity index (χ3n) is 3.05. The highest BCUT2D eigenvalue weighted by Crippen LogP contribution is 2.14. The van der Waals surface area contributed by atoms with E-state index in [-0.39, 0.29) is 11.4 Å². The molecule has 0 fully saturated rings. The van der Waals surface area contributed by atoms with Crippen molar-refractivity contribution < 1.29 is 12.8 Å². The standard InChI is InChI=1S/C16H18FNO2S2/c1-13-6-8-14(9-7-13)12-21-11-10-18-22(19,20)16-5-3-2-4-15(16)17/h2-9,18H,10-12H2,1H3. The van der Waals surface area contributed by atoms with Gasteiger partial charge in [-0.05, 0) is 24.6 Å². The van der Waals surface area contributed by atoms with Crippen molar-refractivity contribution in [3.05, 3.63) is 65.5 Å². The Morgan fingerprint density at radius 2 is 1.77 bits per heavy atom. The predicted molar refractivity (Wildman–Crippen MR) is 88.9 cm³/mol. The average molecular weight is 339 g/mol. The van der Waals surface area contributed by atoms with E-state index in [0.29, 0.717) is 5.75 Å². The van der Waals surface area contributed by atoms with Crippen LogP contribution >= 0.6 is 11.8 Å². The van der Waals surface area contributed by atoms with E-state index in [1.807, 2.05) is 6.92 Å². The van der Waals surface area contributed by atoms with Gasteiger partial charge in [0.1, 0.15) is 10.7 Å². The van der Waals surface area contributed by atoms with Gasteiger partial charge in [-0.2, -0.15) is 11.8 Å². The van der Waals surface area contributed by atoms with E-state index < -0.39 is 15.8 Å². The topological polar surface area (TPSA) is 46.2 Å². The molecule has 6 heteroatoms. The Labute approximate surface area is 135 Å². The third kappa shape index (κ3) is 4.83. The van der Waals surface area contributed by atoms with Gasteiger partial charge in [0, 0.05) is 18.1 Å². The minimum atomic E-state index is -3.78. The van der Waals surface area contributed by atoms with Crippen molar-refractivity contribution in [1.29, 1.82) is 0 Å². The van der Waals surface area contributed by atoms with Crippen LogP contribution in [0.15, 0.2) is 53.4 Å². The van der Waals surface area contributed by atoms with Gasteiger partial charge in [0.25, 0.3) is 0 Å². The number of benzene rings is 2.